The Hall–Kier alpha value is -1.55. The fourth-order valence-corrected chi connectivity index (χ4v) is 2.61. The van der Waals surface area contributed by atoms with Crippen molar-refractivity contribution in [2.75, 3.05) is 32.9 Å². The molecule has 0 unspecified atom stereocenters. The maximum atomic E-state index is 12.6. The molecular formula is C15H23N3O. The monoisotopic (exact) mass is 261 g/mol. The van der Waals surface area contributed by atoms with Gasteiger partial charge in [0.25, 0.3) is 5.91 Å². The van der Waals surface area contributed by atoms with Crippen molar-refractivity contribution in [2.24, 2.45) is 0 Å². The van der Waals surface area contributed by atoms with E-state index in [9.17, 15) is 4.79 Å². The summed E-state index contributed by atoms with van der Waals surface area (Å²) in [6, 6.07) is 5.86. The molecule has 2 rings (SSSR count). The first-order chi connectivity index (χ1) is 8.99. The summed E-state index contributed by atoms with van der Waals surface area (Å²) < 4.78 is 0. The second-order valence-corrected chi connectivity index (χ2v) is 5.52. The lowest BCUT2D eigenvalue weighted by molar-refractivity contribution is 0.0659. The first-order valence-electron chi connectivity index (χ1n) is 6.81. The lowest BCUT2D eigenvalue weighted by Gasteiger charge is -2.35. The third-order valence-electron chi connectivity index (χ3n) is 4.05. The van der Waals surface area contributed by atoms with Gasteiger partial charge in [0.1, 0.15) is 0 Å². The van der Waals surface area contributed by atoms with Crippen LogP contribution in [0.5, 0.6) is 0 Å². The average Bonchev–Trinajstić information content (AvgIpc) is 2.41. The molecule has 1 aliphatic rings. The van der Waals surface area contributed by atoms with E-state index < -0.39 is 0 Å². The summed E-state index contributed by atoms with van der Waals surface area (Å²) in [5.41, 5.74) is 8.14. The van der Waals surface area contributed by atoms with Gasteiger partial charge in [-0.3, -0.25) is 4.79 Å². The molecule has 1 fully saturated rings. The van der Waals surface area contributed by atoms with Gasteiger partial charge in [0, 0.05) is 24.3 Å². The summed E-state index contributed by atoms with van der Waals surface area (Å²) in [5, 5.41) is 0. The summed E-state index contributed by atoms with van der Waals surface area (Å²) in [5.74, 6) is 0.0827. The van der Waals surface area contributed by atoms with E-state index in [1.807, 2.05) is 31.0 Å². The molecule has 0 bridgehead atoms. The molecule has 1 amide bonds. The number of aryl methyl sites for hydroxylation is 1. The Labute approximate surface area is 115 Å². The largest absolute Gasteiger partial charge is 0.399 e. The molecule has 0 aromatic heterocycles. The first-order valence-corrected chi connectivity index (χ1v) is 6.81. The number of carbonyl (C=O) groups is 1. The summed E-state index contributed by atoms with van der Waals surface area (Å²) >= 11 is 0. The van der Waals surface area contributed by atoms with Crippen LogP contribution in [0.4, 0.5) is 5.69 Å². The molecule has 19 heavy (non-hydrogen) atoms. The number of likely N-dealkylation sites (tertiary alicyclic amines) is 1. The van der Waals surface area contributed by atoms with E-state index in [1.54, 1.807) is 6.07 Å². The number of piperidine rings is 1. The topological polar surface area (TPSA) is 49.6 Å². The number of benzene rings is 1. The lowest BCUT2D eigenvalue weighted by atomic mass is 10.0. The van der Waals surface area contributed by atoms with Crippen molar-refractivity contribution in [3.05, 3.63) is 29.3 Å². The zero-order valence-corrected chi connectivity index (χ0v) is 12.0. The highest BCUT2D eigenvalue weighted by atomic mass is 16.2. The van der Waals surface area contributed by atoms with E-state index in [0.29, 0.717) is 11.7 Å². The van der Waals surface area contributed by atoms with E-state index >= 15 is 0 Å². The van der Waals surface area contributed by atoms with Crippen LogP contribution in [0.3, 0.4) is 0 Å². The molecule has 0 atom stereocenters. The van der Waals surface area contributed by atoms with Gasteiger partial charge in [0.2, 0.25) is 0 Å². The fourth-order valence-electron chi connectivity index (χ4n) is 2.61. The van der Waals surface area contributed by atoms with E-state index in [2.05, 4.69) is 11.9 Å². The van der Waals surface area contributed by atoms with Crippen molar-refractivity contribution in [1.29, 1.82) is 0 Å². The third-order valence-corrected chi connectivity index (χ3v) is 4.05. The molecule has 1 aromatic carbocycles. The molecule has 0 spiro atoms. The van der Waals surface area contributed by atoms with Crippen molar-refractivity contribution >= 4 is 11.6 Å². The predicted octanol–water partition coefficient (Wildman–Crippen LogP) is 1.74. The Morgan fingerprint density at radius 2 is 2.00 bits per heavy atom. The van der Waals surface area contributed by atoms with Gasteiger partial charge in [-0.05, 0) is 57.6 Å². The fraction of sp³-hybridized carbons (Fsp3) is 0.533. The normalized spacial score (nSPS) is 17.4. The van der Waals surface area contributed by atoms with Gasteiger partial charge in [-0.15, -0.1) is 0 Å². The summed E-state index contributed by atoms with van der Waals surface area (Å²) in [4.78, 5) is 16.7. The second-order valence-electron chi connectivity index (χ2n) is 5.52. The van der Waals surface area contributed by atoms with Crippen LogP contribution in [-0.2, 0) is 0 Å². The summed E-state index contributed by atoms with van der Waals surface area (Å²) in [6.45, 7) is 4.06. The van der Waals surface area contributed by atoms with Crippen LogP contribution < -0.4 is 5.73 Å². The van der Waals surface area contributed by atoms with Crippen LogP contribution in [0.1, 0.15) is 28.8 Å². The smallest absolute Gasteiger partial charge is 0.254 e. The molecule has 1 aromatic rings. The van der Waals surface area contributed by atoms with E-state index in [4.69, 9.17) is 5.73 Å². The molecule has 1 heterocycles. The first kappa shape index (κ1) is 13.9. The van der Waals surface area contributed by atoms with Crippen LogP contribution in [0, 0.1) is 6.92 Å². The van der Waals surface area contributed by atoms with Crippen molar-refractivity contribution in [3.8, 4) is 0 Å². The average molecular weight is 261 g/mol. The van der Waals surface area contributed by atoms with Crippen LogP contribution in [-0.4, -0.2) is 48.9 Å². The molecule has 4 heteroatoms. The number of rotatable bonds is 2. The maximum Gasteiger partial charge on any atom is 0.254 e. The SMILES string of the molecule is Cc1ccc(N)cc1C(=O)N(C)C1CCN(C)CC1. The molecule has 104 valence electrons. The van der Waals surface area contributed by atoms with Gasteiger partial charge < -0.3 is 15.5 Å². The third kappa shape index (κ3) is 3.07. The number of carbonyl (C=O) groups excluding carboxylic acids is 1. The minimum absolute atomic E-state index is 0.0827. The number of hydrogen-bond acceptors (Lipinski definition) is 3. The van der Waals surface area contributed by atoms with E-state index in [0.717, 1.165) is 37.1 Å². The summed E-state index contributed by atoms with van der Waals surface area (Å²) in [7, 11) is 4.03. The van der Waals surface area contributed by atoms with Crippen LogP contribution in [0.25, 0.3) is 0 Å². The van der Waals surface area contributed by atoms with Crippen molar-refractivity contribution in [2.45, 2.75) is 25.8 Å². The molecule has 0 aliphatic carbocycles. The zero-order chi connectivity index (χ0) is 14.0. The van der Waals surface area contributed by atoms with Gasteiger partial charge in [-0.1, -0.05) is 6.07 Å². The highest BCUT2D eigenvalue weighted by molar-refractivity contribution is 5.96. The maximum absolute atomic E-state index is 12.6. The molecule has 1 saturated heterocycles. The van der Waals surface area contributed by atoms with Crippen molar-refractivity contribution < 1.29 is 4.79 Å². The molecule has 2 N–H and O–H groups in total. The van der Waals surface area contributed by atoms with Crippen molar-refractivity contribution in [3.63, 3.8) is 0 Å². The second kappa shape index (κ2) is 5.61. The Morgan fingerprint density at radius 1 is 1.37 bits per heavy atom. The van der Waals surface area contributed by atoms with E-state index in [1.165, 1.54) is 0 Å². The lowest BCUT2D eigenvalue weighted by Crippen LogP contribution is -2.44. The molecular weight excluding hydrogens is 238 g/mol. The van der Waals surface area contributed by atoms with Gasteiger partial charge in [-0.25, -0.2) is 0 Å². The highest BCUT2D eigenvalue weighted by Gasteiger charge is 2.25. The molecule has 1 aliphatic heterocycles. The van der Waals surface area contributed by atoms with E-state index in [-0.39, 0.29) is 5.91 Å². The quantitative estimate of drug-likeness (QED) is 0.825. The van der Waals surface area contributed by atoms with Crippen LogP contribution >= 0.6 is 0 Å². The Bertz CT molecular complexity index is 464. The van der Waals surface area contributed by atoms with Gasteiger partial charge in [0.05, 0.1) is 0 Å². The highest BCUT2D eigenvalue weighted by Crippen LogP contribution is 2.19. The number of amides is 1. The minimum atomic E-state index is 0.0827. The van der Waals surface area contributed by atoms with Crippen LogP contribution in [0.15, 0.2) is 18.2 Å². The molecule has 0 saturated carbocycles. The zero-order valence-electron chi connectivity index (χ0n) is 12.0. The number of nitrogen functional groups attached to an aromatic ring is 1. The number of nitrogens with two attached hydrogens (primary N) is 1. The Balaban J connectivity index is 2.12. The number of anilines is 1. The predicted molar refractivity (Wildman–Crippen MR) is 78.2 cm³/mol. The minimum Gasteiger partial charge on any atom is -0.399 e. The summed E-state index contributed by atoms with van der Waals surface area (Å²) in [6.07, 6.45) is 2.08. The van der Waals surface area contributed by atoms with Crippen LogP contribution in [0.2, 0.25) is 0 Å². The molecule has 4 nitrogen and oxygen atoms in total. The number of nitrogens with zero attached hydrogens (tertiary/aromatic N) is 2. The Morgan fingerprint density at radius 3 is 2.63 bits per heavy atom. The van der Waals surface area contributed by atoms with Crippen molar-refractivity contribution in [1.82, 2.24) is 9.80 Å². The standard InChI is InChI=1S/C15H23N3O/c1-11-4-5-12(16)10-14(11)15(19)18(3)13-6-8-17(2)9-7-13/h4-5,10,13H,6-9,16H2,1-3H3. The van der Waals surface area contributed by atoms with Gasteiger partial charge >= 0.3 is 0 Å². The molecule has 0 radical (unpaired) electrons. The number of hydrogen-bond donors (Lipinski definition) is 1. The van der Waals surface area contributed by atoms with Gasteiger partial charge in [0.15, 0.2) is 0 Å². The van der Waals surface area contributed by atoms with Gasteiger partial charge in [-0.2, -0.15) is 0 Å². The Kier molecular flexibility index (Phi) is 4.10.